The van der Waals surface area contributed by atoms with Gasteiger partial charge >= 0.3 is 0 Å². The molecule has 15 heavy (non-hydrogen) atoms. The standard InChI is InChI=1S/C13H14N2/c1-5-13(2,3)11-9-15(4)12-10(11)7-6-8-14-12/h1,6-9H,2-4H3. The molecular weight excluding hydrogens is 184 g/mol. The van der Waals surface area contributed by atoms with Crippen molar-refractivity contribution in [3.8, 4) is 12.3 Å². The topological polar surface area (TPSA) is 17.8 Å². The van der Waals surface area contributed by atoms with Gasteiger partial charge in [-0.1, -0.05) is 5.92 Å². The second-order valence-electron chi connectivity index (χ2n) is 4.30. The van der Waals surface area contributed by atoms with Gasteiger partial charge in [0.25, 0.3) is 0 Å². The molecule has 0 atom stereocenters. The molecule has 0 unspecified atom stereocenters. The Morgan fingerprint density at radius 1 is 1.47 bits per heavy atom. The molecule has 0 N–H and O–H groups in total. The summed E-state index contributed by atoms with van der Waals surface area (Å²) in [6, 6.07) is 4.01. The van der Waals surface area contributed by atoms with Crippen LogP contribution in [-0.2, 0) is 12.5 Å². The first-order chi connectivity index (χ1) is 7.06. The molecule has 0 aromatic carbocycles. The molecule has 0 aliphatic heterocycles. The van der Waals surface area contributed by atoms with Gasteiger partial charge in [0, 0.05) is 24.8 Å². The fourth-order valence-electron chi connectivity index (χ4n) is 1.79. The van der Waals surface area contributed by atoms with E-state index in [1.807, 2.05) is 17.7 Å². The van der Waals surface area contributed by atoms with Gasteiger partial charge < -0.3 is 4.57 Å². The van der Waals surface area contributed by atoms with Gasteiger partial charge in [0.05, 0.1) is 5.41 Å². The second-order valence-corrected chi connectivity index (χ2v) is 4.30. The van der Waals surface area contributed by atoms with E-state index in [1.165, 1.54) is 0 Å². The number of pyridine rings is 1. The molecule has 2 rings (SSSR count). The molecule has 2 heteroatoms. The van der Waals surface area contributed by atoms with Gasteiger partial charge in [-0.25, -0.2) is 4.98 Å². The van der Waals surface area contributed by atoms with E-state index < -0.39 is 0 Å². The van der Waals surface area contributed by atoms with Crippen LogP contribution >= 0.6 is 0 Å². The molecule has 0 saturated carbocycles. The van der Waals surface area contributed by atoms with Gasteiger partial charge in [-0.15, -0.1) is 6.42 Å². The lowest BCUT2D eigenvalue weighted by Gasteiger charge is -2.16. The average molecular weight is 198 g/mol. The van der Waals surface area contributed by atoms with Crippen LogP contribution in [0, 0.1) is 12.3 Å². The SMILES string of the molecule is C#CC(C)(C)c1cn(C)c2ncccc12. The summed E-state index contributed by atoms with van der Waals surface area (Å²) in [5, 5.41) is 1.14. The third kappa shape index (κ3) is 1.41. The summed E-state index contributed by atoms with van der Waals surface area (Å²) in [5.74, 6) is 2.82. The Morgan fingerprint density at radius 3 is 2.87 bits per heavy atom. The van der Waals surface area contributed by atoms with E-state index >= 15 is 0 Å². The molecule has 76 valence electrons. The molecule has 2 aromatic heterocycles. The zero-order valence-electron chi connectivity index (χ0n) is 9.28. The number of hydrogen-bond acceptors (Lipinski definition) is 1. The van der Waals surface area contributed by atoms with Gasteiger partial charge in [-0.05, 0) is 31.5 Å². The molecule has 2 aromatic rings. The Kier molecular flexibility index (Phi) is 2.04. The number of aryl methyl sites for hydroxylation is 1. The molecule has 2 nitrogen and oxygen atoms in total. The molecule has 0 spiro atoms. The zero-order chi connectivity index (χ0) is 11.1. The minimum atomic E-state index is -0.247. The van der Waals surface area contributed by atoms with Crippen LogP contribution in [0.1, 0.15) is 19.4 Å². The highest BCUT2D eigenvalue weighted by molar-refractivity contribution is 5.82. The molecule has 0 aliphatic rings. The fraction of sp³-hybridized carbons (Fsp3) is 0.308. The van der Waals surface area contributed by atoms with Gasteiger partial charge in [-0.3, -0.25) is 0 Å². The van der Waals surface area contributed by atoms with Gasteiger partial charge in [-0.2, -0.15) is 0 Å². The van der Waals surface area contributed by atoms with Crippen LogP contribution in [0.4, 0.5) is 0 Å². The summed E-state index contributed by atoms with van der Waals surface area (Å²) in [6.45, 7) is 4.10. The minimum absolute atomic E-state index is 0.247. The molecule has 0 radical (unpaired) electrons. The summed E-state index contributed by atoms with van der Waals surface area (Å²) >= 11 is 0. The first-order valence-corrected chi connectivity index (χ1v) is 4.94. The molecule has 0 bridgehead atoms. The second kappa shape index (κ2) is 3.13. The van der Waals surface area contributed by atoms with E-state index in [9.17, 15) is 0 Å². The summed E-state index contributed by atoms with van der Waals surface area (Å²) in [6.07, 6.45) is 9.43. The highest BCUT2D eigenvalue weighted by Crippen LogP contribution is 2.29. The molecular formula is C13H14N2. The molecule has 2 heterocycles. The first kappa shape index (κ1) is 9.79. The summed E-state index contributed by atoms with van der Waals surface area (Å²) in [4.78, 5) is 4.34. The van der Waals surface area contributed by atoms with E-state index in [-0.39, 0.29) is 5.41 Å². The van der Waals surface area contributed by atoms with Gasteiger partial charge in [0.2, 0.25) is 0 Å². The third-order valence-corrected chi connectivity index (χ3v) is 2.77. The highest BCUT2D eigenvalue weighted by Gasteiger charge is 2.22. The normalized spacial score (nSPS) is 11.6. The summed E-state index contributed by atoms with van der Waals surface area (Å²) in [7, 11) is 1.99. The van der Waals surface area contributed by atoms with E-state index in [0.717, 1.165) is 16.6 Å². The van der Waals surface area contributed by atoms with Crippen molar-refractivity contribution in [3.05, 3.63) is 30.1 Å². The van der Waals surface area contributed by atoms with Crippen LogP contribution in [0.25, 0.3) is 11.0 Å². The number of terminal acetylenes is 1. The Labute approximate surface area is 89.9 Å². The maximum absolute atomic E-state index is 5.56. The zero-order valence-corrected chi connectivity index (χ0v) is 9.28. The van der Waals surface area contributed by atoms with Crippen molar-refractivity contribution in [3.63, 3.8) is 0 Å². The van der Waals surface area contributed by atoms with E-state index in [4.69, 9.17) is 6.42 Å². The van der Waals surface area contributed by atoms with Crippen LogP contribution in [0.15, 0.2) is 24.5 Å². The average Bonchev–Trinajstić information content (AvgIpc) is 2.58. The minimum Gasteiger partial charge on any atom is -0.335 e. The van der Waals surface area contributed by atoms with Crippen LogP contribution in [0.2, 0.25) is 0 Å². The first-order valence-electron chi connectivity index (χ1n) is 4.94. The summed E-state index contributed by atoms with van der Waals surface area (Å²) in [5.41, 5.74) is 1.90. The number of fused-ring (bicyclic) bond motifs is 1. The van der Waals surface area contributed by atoms with Crippen molar-refractivity contribution in [1.29, 1.82) is 0 Å². The van der Waals surface area contributed by atoms with E-state index in [0.29, 0.717) is 0 Å². The fourth-order valence-corrected chi connectivity index (χ4v) is 1.79. The third-order valence-electron chi connectivity index (χ3n) is 2.77. The lowest BCUT2D eigenvalue weighted by molar-refractivity contribution is 0.701. The maximum atomic E-state index is 5.56. The van der Waals surface area contributed by atoms with Crippen molar-refractivity contribution >= 4 is 11.0 Å². The van der Waals surface area contributed by atoms with Gasteiger partial charge in [0.15, 0.2) is 0 Å². The molecule has 0 aliphatic carbocycles. The number of nitrogens with zero attached hydrogens (tertiary/aromatic N) is 2. The molecule has 0 saturated heterocycles. The van der Waals surface area contributed by atoms with Crippen LogP contribution in [0.5, 0.6) is 0 Å². The van der Waals surface area contributed by atoms with Crippen LogP contribution in [-0.4, -0.2) is 9.55 Å². The van der Waals surface area contributed by atoms with Crippen molar-refractivity contribution in [2.24, 2.45) is 7.05 Å². The van der Waals surface area contributed by atoms with E-state index in [1.54, 1.807) is 6.20 Å². The predicted octanol–water partition coefficient (Wildman–Crippen LogP) is 2.48. The van der Waals surface area contributed by atoms with Crippen molar-refractivity contribution in [1.82, 2.24) is 9.55 Å². The lowest BCUT2D eigenvalue weighted by Crippen LogP contribution is -2.13. The molecule has 0 fully saturated rings. The quantitative estimate of drug-likeness (QED) is 0.644. The number of hydrogen-bond donors (Lipinski definition) is 0. The Hall–Kier alpha value is -1.75. The van der Waals surface area contributed by atoms with Crippen molar-refractivity contribution < 1.29 is 0 Å². The summed E-state index contributed by atoms with van der Waals surface area (Å²) < 4.78 is 2.02. The Morgan fingerprint density at radius 2 is 2.20 bits per heavy atom. The van der Waals surface area contributed by atoms with E-state index in [2.05, 4.69) is 37.0 Å². The lowest BCUT2D eigenvalue weighted by atomic mass is 9.86. The smallest absolute Gasteiger partial charge is 0.139 e. The van der Waals surface area contributed by atoms with Crippen molar-refractivity contribution in [2.75, 3.05) is 0 Å². The monoisotopic (exact) mass is 198 g/mol. The van der Waals surface area contributed by atoms with Crippen LogP contribution < -0.4 is 0 Å². The number of aromatic nitrogens is 2. The van der Waals surface area contributed by atoms with Crippen molar-refractivity contribution in [2.45, 2.75) is 19.3 Å². The Balaban J connectivity index is 2.80. The van der Waals surface area contributed by atoms with Crippen LogP contribution in [0.3, 0.4) is 0 Å². The maximum Gasteiger partial charge on any atom is 0.139 e. The van der Waals surface area contributed by atoms with Gasteiger partial charge in [0.1, 0.15) is 5.65 Å². The largest absolute Gasteiger partial charge is 0.335 e. The number of rotatable bonds is 1. The highest BCUT2D eigenvalue weighted by atomic mass is 15.0. The Bertz CT molecular complexity index is 541. The molecule has 0 amide bonds. The predicted molar refractivity (Wildman–Crippen MR) is 62.6 cm³/mol.